The molecule has 0 aliphatic heterocycles. The van der Waals surface area contributed by atoms with Crippen LogP contribution in [0.5, 0.6) is 0 Å². The molecule has 1 aliphatic carbocycles. The topological polar surface area (TPSA) is 12.0 Å². The van der Waals surface area contributed by atoms with Crippen molar-refractivity contribution in [3.63, 3.8) is 0 Å². The van der Waals surface area contributed by atoms with Crippen LogP contribution < -0.4 is 5.32 Å². The van der Waals surface area contributed by atoms with Crippen LogP contribution in [0.3, 0.4) is 0 Å². The Bertz CT molecular complexity index is 144. The van der Waals surface area contributed by atoms with Gasteiger partial charge in [-0.2, -0.15) is 0 Å². The lowest BCUT2D eigenvalue weighted by Gasteiger charge is -2.24. The van der Waals surface area contributed by atoms with E-state index in [1.165, 1.54) is 44.9 Å². The van der Waals surface area contributed by atoms with Crippen LogP contribution in [0.4, 0.5) is 0 Å². The monoisotopic (exact) mass is 197 g/mol. The second-order valence-corrected chi connectivity index (χ2v) is 4.92. The fourth-order valence-corrected chi connectivity index (χ4v) is 2.70. The van der Waals surface area contributed by atoms with Crippen LogP contribution in [-0.2, 0) is 0 Å². The van der Waals surface area contributed by atoms with E-state index in [1.54, 1.807) is 0 Å². The summed E-state index contributed by atoms with van der Waals surface area (Å²) in [6.07, 6.45) is 9.72. The van der Waals surface area contributed by atoms with E-state index in [4.69, 9.17) is 0 Å². The Balaban J connectivity index is 2.21. The van der Waals surface area contributed by atoms with Crippen molar-refractivity contribution in [3.8, 4) is 0 Å². The van der Waals surface area contributed by atoms with Crippen molar-refractivity contribution < 1.29 is 0 Å². The molecule has 84 valence electrons. The predicted octanol–water partition coefficient (Wildman–Crippen LogP) is 3.73. The van der Waals surface area contributed by atoms with Crippen molar-refractivity contribution in [3.05, 3.63) is 0 Å². The normalized spacial score (nSPS) is 29.4. The van der Waals surface area contributed by atoms with E-state index in [2.05, 4.69) is 26.1 Å². The van der Waals surface area contributed by atoms with E-state index in [-0.39, 0.29) is 0 Å². The highest BCUT2D eigenvalue weighted by Crippen LogP contribution is 2.28. The number of hydrogen-bond donors (Lipinski definition) is 1. The average molecular weight is 197 g/mol. The largest absolute Gasteiger partial charge is 0.311 e. The van der Waals surface area contributed by atoms with Crippen molar-refractivity contribution in [1.29, 1.82) is 0 Å². The van der Waals surface area contributed by atoms with E-state index >= 15 is 0 Å². The molecule has 1 fully saturated rings. The summed E-state index contributed by atoms with van der Waals surface area (Å²) in [7, 11) is 0. The highest BCUT2D eigenvalue weighted by atomic mass is 15.0. The quantitative estimate of drug-likeness (QED) is 0.684. The second-order valence-electron chi connectivity index (χ2n) is 4.92. The van der Waals surface area contributed by atoms with E-state index in [9.17, 15) is 0 Å². The smallest absolute Gasteiger partial charge is 0.00977 e. The minimum Gasteiger partial charge on any atom is -0.311 e. The molecular formula is C13H27N. The molecule has 1 heteroatoms. The van der Waals surface area contributed by atoms with Gasteiger partial charge in [-0.1, -0.05) is 39.5 Å². The summed E-state index contributed by atoms with van der Waals surface area (Å²) in [4.78, 5) is 0. The lowest BCUT2D eigenvalue weighted by molar-refractivity contribution is 0.344. The fourth-order valence-electron chi connectivity index (χ4n) is 2.70. The minimum absolute atomic E-state index is 0.729. The highest BCUT2D eigenvalue weighted by Gasteiger charge is 2.26. The SMILES string of the molecule is CCCCC(C)NC1CCCC1CC. The standard InChI is InChI=1S/C13H27N/c1-4-6-8-11(3)14-13-10-7-9-12(13)5-2/h11-14H,4-10H2,1-3H3. The first-order valence-corrected chi connectivity index (χ1v) is 6.54. The number of nitrogens with one attached hydrogen (secondary N) is 1. The molecule has 1 aliphatic rings. The summed E-state index contributed by atoms with van der Waals surface area (Å²) in [5.74, 6) is 0.957. The zero-order valence-electron chi connectivity index (χ0n) is 10.2. The first kappa shape index (κ1) is 12.0. The summed E-state index contributed by atoms with van der Waals surface area (Å²) in [6, 6.07) is 1.55. The Labute approximate surface area is 89.7 Å². The molecule has 0 aromatic rings. The van der Waals surface area contributed by atoms with Crippen LogP contribution in [0.15, 0.2) is 0 Å². The molecule has 0 radical (unpaired) electrons. The molecule has 0 spiro atoms. The van der Waals surface area contributed by atoms with Gasteiger partial charge in [0.1, 0.15) is 0 Å². The Kier molecular flexibility index (Phi) is 5.54. The molecule has 0 heterocycles. The Morgan fingerprint density at radius 1 is 1.29 bits per heavy atom. The van der Waals surface area contributed by atoms with Crippen molar-refractivity contribution in [1.82, 2.24) is 5.32 Å². The van der Waals surface area contributed by atoms with E-state index in [1.807, 2.05) is 0 Å². The van der Waals surface area contributed by atoms with Gasteiger partial charge in [0, 0.05) is 12.1 Å². The van der Waals surface area contributed by atoms with Crippen molar-refractivity contribution in [2.24, 2.45) is 5.92 Å². The summed E-state index contributed by atoms with van der Waals surface area (Å²) in [5.41, 5.74) is 0. The zero-order valence-corrected chi connectivity index (χ0v) is 10.2. The van der Waals surface area contributed by atoms with Crippen LogP contribution in [0.25, 0.3) is 0 Å². The van der Waals surface area contributed by atoms with E-state index in [0.29, 0.717) is 0 Å². The lowest BCUT2D eigenvalue weighted by Crippen LogP contribution is -2.38. The molecule has 0 bridgehead atoms. The van der Waals surface area contributed by atoms with Crippen molar-refractivity contribution >= 4 is 0 Å². The van der Waals surface area contributed by atoms with E-state index < -0.39 is 0 Å². The van der Waals surface area contributed by atoms with Crippen LogP contribution >= 0.6 is 0 Å². The Morgan fingerprint density at radius 3 is 2.71 bits per heavy atom. The van der Waals surface area contributed by atoms with Gasteiger partial charge in [-0.05, 0) is 32.1 Å². The van der Waals surface area contributed by atoms with Gasteiger partial charge >= 0.3 is 0 Å². The molecule has 1 rings (SSSR count). The molecule has 0 saturated heterocycles. The van der Waals surface area contributed by atoms with Gasteiger partial charge in [0.15, 0.2) is 0 Å². The summed E-state index contributed by atoms with van der Waals surface area (Å²) >= 11 is 0. The predicted molar refractivity (Wildman–Crippen MR) is 63.5 cm³/mol. The van der Waals surface area contributed by atoms with Gasteiger partial charge in [0.05, 0.1) is 0 Å². The molecule has 3 unspecified atom stereocenters. The lowest BCUT2D eigenvalue weighted by atomic mass is 9.99. The van der Waals surface area contributed by atoms with Gasteiger partial charge in [-0.25, -0.2) is 0 Å². The molecule has 0 aromatic carbocycles. The van der Waals surface area contributed by atoms with Gasteiger partial charge < -0.3 is 5.32 Å². The van der Waals surface area contributed by atoms with Gasteiger partial charge in [-0.15, -0.1) is 0 Å². The fraction of sp³-hybridized carbons (Fsp3) is 1.00. The third-order valence-electron chi connectivity index (χ3n) is 3.67. The van der Waals surface area contributed by atoms with Crippen LogP contribution in [0.2, 0.25) is 0 Å². The molecule has 14 heavy (non-hydrogen) atoms. The average Bonchev–Trinajstić information content (AvgIpc) is 2.62. The molecule has 1 nitrogen and oxygen atoms in total. The number of unbranched alkanes of at least 4 members (excludes halogenated alkanes) is 1. The maximum Gasteiger partial charge on any atom is 0.00977 e. The summed E-state index contributed by atoms with van der Waals surface area (Å²) in [6.45, 7) is 6.96. The third-order valence-corrected chi connectivity index (χ3v) is 3.67. The van der Waals surface area contributed by atoms with Gasteiger partial charge in [0.2, 0.25) is 0 Å². The third kappa shape index (κ3) is 3.61. The van der Waals surface area contributed by atoms with Crippen LogP contribution in [0.1, 0.15) is 65.7 Å². The van der Waals surface area contributed by atoms with Crippen molar-refractivity contribution in [2.45, 2.75) is 77.8 Å². The molecule has 1 saturated carbocycles. The first-order chi connectivity index (χ1) is 6.77. The molecule has 0 aromatic heterocycles. The van der Waals surface area contributed by atoms with Gasteiger partial charge in [0.25, 0.3) is 0 Å². The maximum atomic E-state index is 3.81. The Morgan fingerprint density at radius 2 is 2.07 bits per heavy atom. The first-order valence-electron chi connectivity index (χ1n) is 6.54. The maximum absolute atomic E-state index is 3.81. The van der Waals surface area contributed by atoms with E-state index in [0.717, 1.165) is 18.0 Å². The summed E-state index contributed by atoms with van der Waals surface area (Å²) < 4.78 is 0. The molecular weight excluding hydrogens is 170 g/mol. The number of hydrogen-bond acceptors (Lipinski definition) is 1. The Hall–Kier alpha value is -0.0400. The molecule has 1 N–H and O–H groups in total. The van der Waals surface area contributed by atoms with Crippen molar-refractivity contribution in [2.75, 3.05) is 0 Å². The highest BCUT2D eigenvalue weighted by molar-refractivity contribution is 4.83. The summed E-state index contributed by atoms with van der Waals surface area (Å²) in [5, 5.41) is 3.81. The molecule has 3 atom stereocenters. The molecule has 0 amide bonds. The van der Waals surface area contributed by atoms with Crippen LogP contribution in [-0.4, -0.2) is 12.1 Å². The minimum atomic E-state index is 0.729. The second kappa shape index (κ2) is 6.44. The van der Waals surface area contributed by atoms with Gasteiger partial charge in [-0.3, -0.25) is 0 Å². The number of rotatable bonds is 6. The van der Waals surface area contributed by atoms with Crippen LogP contribution in [0, 0.1) is 5.92 Å². The zero-order chi connectivity index (χ0) is 10.4.